The lowest BCUT2D eigenvalue weighted by molar-refractivity contribution is 0.129. The summed E-state index contributed by atoms with van der Waals surface area (Å²) >= 11 is 0. The van der Waals surface area contributed by atoms with E-state index in [4.69, 9.17) is 9.47 Å². The molecule has 1 amide bonds. The Hall–Kier alpha value is -2.76. The summed E-state index contributed by atoms with van der Waals surface area (Å²) in [7, 11) is 0. The highest BCUT2D eigenvalue weighted by Crippen LogP contribution is 2.00. The standard InChI is InChI=1S/C15H16N2O4/c18-14(21-12-13-6-2-1-3-7-13)16-8-11-20-15(19)17-9-4-5-10-17/h1-7,9-10H,8,11-12H2,(H,16,18). The van der Waals surface area contributed by atoms with Crippen LogP contribution in [0.15, 0.2) is 54.9 Å². The van der Waals surface area contributed by atoms with Crippen LogP contribution >= 0.6 is 0 Å². The molecular weight excluding hydrogens is 272 g/mol. The highest BCUT2D eigenvalue weighted by atomic mass is 16.6. The van der Waals surface area contributed by atoms with Crippen LogP contribution in [0.4, 0.5) is 9.59 Å². The number of carbonyl (C=O) groups is 2. The summed E-state index contributed by atoms with van der Waals surface area (Å²) in [5.74, 6) is 0. The first-order valence-corrected chi connectivity index (χ1v) is 6.50. The number of hydrogen-bond donors (Lipinski definition) is 1. The topological polar surface area (TPSA) is 69.6 Å². The largest absolute Gasteiger partial charge is 0.447 e. The Morgan fingerprint density at radius 1 is 1.00 bits per heavy atom. The van der Waals surface area contributed by atoms with E-state index in [1.165, 1.54) is 4.57 Å². The highest BCUT2D eigenvalue weighted by Gasteiger charge is 2.05. The normalized spacial score (nSPS) is 9.90. The van der Waals surface area contributed by atoms with E-state index in [9.17, 15) is 9.59 Å². The Kier molecular flexibility index (Phi) is 5.40. The summed E-state index contributed by atoms with van der Waals surface area (Å²) in [5.41, 5.74) is 0.909. The molecule has 0 atom stereocenters. The van der Waals surface area contributed by atoms with Crippen molar-refractivity contribution in [1.29, 1.82) is 0 Å². The number of nitrogens with zero attached hydrogens (tertiary/aromatic N) is 1. The van der Waals surface area contributed by atoms with E-state index in [1.807, 2.05) is 30.3 Å². The van der Waals surface area contributed by atoms with Crippen molar-refractivity contribution < 1.29 is 19.1 Å². The Morgan fingerprint density at radius 3 is 2.43 bits per heavy atom. The average Bonchev–Trinajstić information content (AvgIpc) is 3.05. The molecule has 0 aliphatic rings. The molecule has 0 radical (unpaired) electrons. The number of ether oxygens (including phenoxy) is 2. The van der Waals surface area contributed by atoms with Crippen LogP contribution in [0.5, 0.6) is 0 Å². The number of alkyl carbamates (subject to hydrolysis) is 1. The zero-order valence-corrected chi connectivity index (χ0v) is 11.4. The van der Waals surface area contributed by atoms with E-state index in [2.05, 4.69) is 5.32 Å². The maximum absolute atomic E-state index is 11.5. The molecule has 0 spiro atoms. The summed E-state index contributed by atoms with van der Waals surface area (Å²) in [6, 6.07) is 12.8. The van der Waals surface area contributed by atoms with Crippen LogP contribution in [0.25, 0.3) is 0 Å². The quantitative estimate of drug-likeness (QED) is 0.858. The van der Waals surface area contributed by atoms with E-state index in [0.29, 0.717) is 0 Å². The van der Waals surface area contributed by atoms with Crippen molar-refractivity contribution in [2.75, 3.05) is 13.2 Å². The van der Waals surface area contributed by atoms with Gasteiger partial charge in [0.05, 0.1) is 6.54 Å². The Bertz CT molecular complexity index is 567. The van der Waals surface area contributed by atoms with Gasteiger partial charge in [-0.15, -0.1) is 0 Å². The molecule has 0 saturated carbocycles. The molecule has 0 aliphatic carbocycles. The third-order valence-electron chi connectivity index (χ3n) is 2.62. The minimum atomic E-state index is -0.545. The molecule has 6 nitrogen and oxygen atoms in total. The maximum atomic E-state index is 11.5. The van der Waals surface area contributed by atoms with Gasteiger partial charge < -0.3 is 14.8 Å². The lowest BCUT2D eigenvalue weighted by Crippen LogP contribution is -2.29. The second kappa shape index (κ2) is 7.74. The van der Waals surface area contributed by atoms with Crippen molar-refractivity contribution in [3.63, 3.8) is 0 Å². The summed E-state index contributed by atoms with van der Waals surface area (Å²) in [5, 5.41) is 2.51. The molecule has 0 fully saturated rings. The van der Waals surface area contributed by atoms with Gasteiger partial charge in [-0.2, -0.15) is 0 Å². The molecule has 1 aromatic carbocycles. The van der Waals surface area contributed by atoms with E-state index in [-0.39, 0.29) is 19.8 Å². The smallest absolute Gasteiger partial charge is 0.418 e. The minimum absolute atomic E-state index is 0.0808. The van der Waals surface area contributed by atoms with Gasteiger partial charge in [-0.05, 0) is 17.7 Å². The van der Waals surface area contributed by atoms with Gasteiger partial charge >= 0.3 is 12.2 Å². The lowest BCUT2D eigenvalue weighted by atomic mass is 10.2. The fourth-order valence-corrected chi connectivity index (χ4v) is 1.60. The van der Waals surface area contributed by atoms with Gasteiger partial charge in [0.15, 0.2) is 0 Å². The molecule has 2 rings (SSSR count). The third-order valence-corrected chi connectivity index (χ3v) is 2.62. The number of rotatable bonds is 5. The van der Waals surface area contributed by atoms with Crippen LogP contribution in [-0.2, 0) is 16.1 Å². The van der Waals surface area contributed by atoms with Gasteiger partial charge in [-0.25, -0.2) is 9.59 Å². The summed E-state index contributed by atoms with van der Waals surface area (Å²) in [4.78, 5) is 22.9. The molecule has 1 aromatic heterocycles. The maximum Gasteiger partial charge on any atom is 0.418 e. The molecule has 21 heavy (non-hydrogen) atoms. The number of amides is 1. The average molecular weight is 288 g/mol. The van der Waals surface area contributed by atoms with Crippen molar-refractivity contribution in [1.82, 2.24) is 9.88 Å². The van der Waals surface area contributed by atoms with Crippen LogP contribution in [-0.4, -0.2) is 29.9 Å². The van der Waals surface area contributed by atoms with Gasteiger partial charge in [-0.3, -0.25) is 4.57 Å². The first-order chi connectivity index (χ1) is 10.3. The first-order valence-electron chi connectivity index (χ1n) is 6.50. The monoisotopic (exact) mass is 288 g/mol. The van der Waals surface area contributed by atoms with Crippen LogP contribution in [0.1, 0.15) is 5.56 Å². The fourth-order valence-electron chi connectivity index (χ4n) is 1.60. The van der Waals surface area contributed by atoms with Crippen molar-refractivity contribution >= 4 is 12.2 Å². The molecule has 0 aliphatic heterocycles. The van der Waals surface area contributed by atoms with Crippen LogP contribution in [0.3, 0.4) is 0 Å². The van der Waals surface area contributed by atoms with E-state index in [0.717, 1.165) is 5.56 Å². The van der Waals surface area contributed by atoms with Crippen LogP contribution in [0, 0.1) is 0 Å². The second-order valence-corrected chi connectivity index (χ2v) is 4.19. The molecule has 110 valence electrons. The second-order valence-electron chi connectivity index (χ2n) is 4.19. The third kappa shape index (κ3) is 5.02. The number of nitrogens with one attached hydrogen (secondary N) is 1. The van der Waals surface area contributed by atoms with Crippen molar-refractivity contribution in [2.24, 2.45) is 0 Å². The molecule has 0 bridgehead atoms. The number of benzene rings is 1. The summed E-state index contributed by atoms with van der Waals surface area (Å²) < 4.78 is 11.3. The van der Waals surface area contributed by atoms with Crippen molar-refractivity contribution in [2.45, 2.75) is 6.61 Å². The number of hydrogen-bond acceptors (Lipinski definition) is 4. The molecule has 1 N–H and O–H groups in total. The molecule has 2 aromatic rings. The number of carbonyl (C=O) groups excluding carboxylic acids is 2. The molecule has 0 saturated heterocycles. The first kappa shape index (κ1) is 14.6. The Labute approximate surface area is 122 Å². The molecule has 0 unspecified atom stereocenters. The fraction of sp³-hybridized carbons (Fsp3) is 0.200. The van der Waals surface area contributed by atoms with E-state index >= 15 is 0 Å². The molecule has 6 heteroatoms. The zero-order chi connectivity index (χ0) is 14.9. The van der Waals surface area contributed by atoms with Crippen molar-refractivity contribution in [3.8, 4) is 0 Å². The van der Waals surface area contributed by atoms with Gasteiger partial charge in [0, 0.05) is 12.4 Å². The zero-order valence-electron chi connectivity index (χ0n) is 11.4. The summed E-state index contributed by atoms with van der Waals surface area (Å²) in [6.45, 7) is 0.480. The SMILES string of the molecule is O=C(NCCOC(=O)n1cccc1)OCc1ccccc1. The Morgan fingerprint density at radius 2 is 1.71 bits per heavy atom. The van der Waals surface area contributed by atoms with Gasteiger partial charge in [-0.1, -0.05) is 30.3 Å². The predicted molar refractivity (Wildman–Crippen MR) is 75.8 cm³/mol. The highest BCUT2D eigenvalue weighted by molar-refractivity contribution is 5.70. The molecular formula is C15H16N2O4. The number of aromatic nitrogens is 1. The van der Waals surface area contributed by atoms with Crippen LogP contribution < -0.4 is 5.32 Å². The summed E-state index contributed by atoms with van der Waals surface area (Å²) in [6.07, 6.45) is 2.14. The Balaban J connectivity index is 1.58. The van der Waals surface area contributed by atoms with Gasteiger partial charge in [0.2, 0.25) is 0 Å². The van der Waals surface area contributed by atoms with Gasteiger partial charge in [0.1, 0.15) is 13.2 Å². The van der Waals surface area contributed by atoms with E-state index in [1.54, 1.807) is 24.5 Å². The van der Waals surface area contributed by atoms with Crippen LogP contribution in [0.2, 0.25) is 0 Å². The molecule has 1 heterocycles. The van der Waals surface area contributed by atoms with E-state index < -0.39 is 12.2 Å². The van der Waals surface area contributed by atoms with Gasteiger partial charge in [0.25, 0.3) is 0 Å². The lowest BCUT2D eigenvalue weighted by Gasteiger charge is -2.08. The minimum Gasteiger partial charge on any atom is -0.447 e. The van der Waals surface area contributed by atoms with Crippen molar-refractivity contribution in [3.05, 3.63) is 60.4 Å². The predicted octanol–water partition coefficient (Wildman–Crippen LogP) is 2.40.